The number of aliphatic hydroxyl groups is 1. The van der Waals surface area contributed by atoms with Gasteiger partial charge in [-0.2, -0.15) is 0 Å². The number of hydrogen-bond acceptors (Lipinski definition) is 1. The zero-order valence-corrected chi connectivity index (χ0v) is 5.22. The molecule has 46 valence electrons. The molecule has 1 fully saturated rings. The molecule has 0 aromatic rings. The van der Waals surface area contributed by atoms with Gasteiger partial charge in [-0.25, -0.2) is 0 Å². The van der Waals surface area contributed by atoms with Crippen LogP contribution in [0.25, 0.3) is 0 Å². The summed E-state index contributed by atoms with van der Waals surface area (Å²) in [7, 11) is 0. The lowest BCUT2D eigenvalue weighted by atomic mass is 9.84. The molecule has 1 aliphatic rings. The predicted molar refractivity (Wildman–Crippen MR) is 33.7 cm³/mol. The van der Waals surface area contributed by atoms with Crippen molar-refractivity contribution < 1.29 is 5.11 Å². The fourth-order valence-electron chi connectivity index (χ4n) is 0.940. The summed E-state index contributed by atoms with van der Waals surface area (Å²) >= 11 is 0. The second-order valence-electron chi connectivity index (χ2n) is 2.34. The summed E-state index contributed by atoms with van der Waals surface area (Å²) in [5.41, 5.74) is 0. The third-order valence-electron chi connectivity index (χ3n) is 1.82. The molecule has 1 N–H and O–H groups in total. The number of hydrogen-bond donors (Lipinski definition) is 1. The van der Waals surface area contributed by atoms with E-state index in [4.69, 9.17) is 5.11 Å². The molecule has 0 aromatic carbocycles. The molecule has 0 radical (unpaired) electrons. The molecule has 8 heavy (non-hydrogen) atoms. The minimum Gasteiger partial charge on any atom is -0.512 e. The van der Waals surface area contributed by atoms with Crippen molar-refractivity contribution in [2.75, 3.05) is 0 Å². The van der Waals surface area contributed by atoms with Gasteiger partial charge in [0.05, 0.1) is 5.76 Å². The second kappa shape index (κ2) is 2.21. The fraction of sp³-hybridized carbons (Fsp3) is 0.714. The van der Waals surface area contributed by atoms with Gasteiger partial charge in [-0.05, 0) is 25.8 Å². The van der Waals surface area contributed by atoms with Gasteiger partial charge in [0.1, 0.15) is 0 Å². The van der Waals surface area contributed by atoms with Gasteiger partial charge in [0, 0.05) is 5.92 Å². The van der Waals surface area contributed by atoms with Crippen molar-refractivity contribution in [2.24, 2.45) is 5.92 Å². The maximum absolute atomic E-state index is 9.04. The van der Waals surface area contributed by atoms with Crippen LogP contribution in [0.15, 0.2) is 11.8 Å². The van der Waals surface area contributed by atoms with Crippen LogP contribution in [-0.4, -0.2) is 5.11 Å². The van der Waals surface area contributed by atoms with Gasteiger partial charge in [0.25, 0.3) is 0 Å². The summed E-state index contributed by atoms with van der Waals surface area (Å²) in [4.78, 5) is 0. The molecule has 0 unspecified atom stereocenters. The average Bonchev–Trinajstić information content (AvgIpc) is 1.62. The average molecular weight is 112 g/mol. The molecule has 0 atom stereocenters. The van der Waals surface area contributed by atoms with Crippen LogP contribution < -0.4 is 0 Å². The number of rotatable bonds is 1. The molecule has 1 rings (SSSR count). The van der Waals surface area contributed by atoms with Crippen LogP contribution in [-0.2, 0) is 0 Å². The first-order valence-electron chi connectivity index (χ1n) is 3.19. The SMILES string of the molecule is CC=C(O)C1CCC1. The van der Waals surface area contributed by atoms with E-state index >= 15 is 0 Å². The van der Waals surface area contributed by atoms with Crippen molar-refractivity contribution in [2.45, 2.75) is 26.2 Å². The van der Waals surface area contributed by atoms with Crippen molar-refractivity contribution in [1.82, 2.24) is 0 Å². The molecule has 0 amide bonds. The topological polar surface area (TPSA) is 20.2 Å². The minimum absolute atomic E-state index is 0.514. The molecule has 0 spiro atoms. The molecular weight excluding hydrogens is 100 g/mol. The van der Waals surface area contributed by atoms with Crippen molar-refractivity contribution in [1.29, 1.82) is 0 Å². The highest BCUT2D eigenvalue weighted by Crippen LogP contribution is 2.31. The van der Waals surface area contributed by atoms with Crippen LogP contribution in [0.3, 0.4) is 0 Å². The van der Waals surface area contributed by atoms with Gasteiger partial charge >= 0.3 is 0 Å². The smallest absolute Gasteiger partial charge is 0.0910 e. The number of aliphatic hydroxyl groups excluding tert-OH is 1. The molecule has 0 aliphatic heterocycles. The Kier molecular flexibility index (Phi) is 1.56. The molecule has 0 saturated heterocycles. The zero-order valence-electron chi connectivity index (χ0n) is 5.22. The van der Waals surface area contributed by atoms with Crippen LogP contribution in [0.1, 0.15) is 26.2 Å². The second-order valence-corrected chi connectivity index (χ2v) is 2.34. The standard InChI is InChI=1S/C7H12O/c1-2-7(8)6-4-3-5-6/h2,6,8H,3-5H2,1H3. The monoisotopic (exact) mass is 112 g/mol. The van der Waals surface area contributed by atoms with Crippen molar-refractivity contribution in [3.05, 3.63) is 11.8 Å². The van der Waals surface area contributed by atoms with Gasteiger partial charge in [0.15, 0.2) is 0 Å². The first-order valence-corrected chi connectivity index (χ1v) is 3.19. The van der Waals surface area contributed by atoms with Gasteiger partial charge in [0.2, 0.25) is 0 Å². The van der Waals surface area contributed by atoms with E-state index in [2.05, 4.69) is 0 Å². The zero-order chi connectivity index (χ0) is 5.98. The summed E-state index contributed by atoms with van der Waals surface area (Å²) in [6.07, 6.45) is 5.47. The molecule has 1 saturated carbocycles. The van der Waals surface area contributed by atoms with Gasteiger partial charge in [-0.1, -0.05) is 6.42 Å². The largest absolute Gasteiger partial charge is 0.512 e. The lowest BCUT2D eigenvalue weighted by Crippen LogP contribution is -2.12. The van der Waals surface area contributed by atoms with E-state index in [1.54, 1.807) is 6.08 Å². The lowest BCUT2D eigenvalue weighted by Gasteiger charge is -2.23. The van der Waals surface area contributed by atoms with Crippen molar-refractivity contribution in [3.63, 3.8) is 0 Å². The third kappa shape index (κ3) is 0.857. The number of allylic oxidation sites excluding steroid dienone is 2. The normalized spacial score (nSPS) is 22.9. The maximum atomic E-state index is 9.04. The Morgan fingerprint density at radius 3 is 2.38 bits per heavy atom. The Balaban J connectivity index is 2.34. The van der Waals surface area contributed by atoms with E-state index in [-0.39, 0.29) is 0 Å². The molecule has 1 aliphatic carbocycles. The van der Waals surface area contributed by atoms with Gasteiger partial charge < -0.3 is 5.11 Å². The first kappa shape index (κ1) is 5.67. The van der Waals surface area contributed by atoms with E-state index in [1.807, 2.05) is 6.92 Å². The lowest BCUT2D eigenvalue weighted by molar-refractivity contribution is 0.245. The van der Waals surface area contributed by atoms with Gasteiger partial charge in [-0.3, -0.25) is 0 Å². The highest BCUT2D eigenvalue weighted by molar-refractivity contribution is 4.98. The quantitative estimate of drug-likeness (QED) is 0.516. The van der Waals surface area contributed by atoms with E-state index < -0.39 is 0 Å². The molecule has 1 heteroatoms. The van der Waals surface area contributed by atoms with E-state index in [1.165, 1.54) is 19.3 Å². The Bertz CT molecular complexity index is 101. The van der Waals surface area contributed by atoms with E-state index in [0.29, 0.717) is 11.7 Å². The van der Waals surface area contributed by atoms with Crippen LogP contribution >= 0.6 is 0 Å². The third-order valence-corrected chi connectivity index (χ3v) is 1.82. The Hall–Kier alpha value is -0.460. The van der Waals surface area contributed by atoms with Crippen molar-refractivity contribution >= 4 is 0 Å². The molecule has 1 nitrogen and oxygen atoms in total. The summed E-state index contributed by atoms with van der Waals surface area (Å²) < 4.78 is 0. The molecule has 0 bridgehead atoms. The summed E-state index contributed by atoms with van der Waals surface area (Å²) in [6.45, 7) is 1.88. The van der Waals surface area contributed by atoms with Crippen molar-refractivity contribution in [3.8, 4) is 0 Å². The Morgan fingerprint density at radius 1 is 1.62 bits per heavy atom. The van der Waals surface area contributed by atoms with E-state index in [0.717, 1.165) is 0 Å². The van der Waals surface area contributed by atoms with Gasteiger partial charge in [-0.15, -0.1) is 0 Å². The molecular formula is C7H12O. The Morgan fingerprint density at radius 2 is 2.25 bits per heavy atom. The predicted octanol–water partition coefficient (Wildman–Crippen LogP) is 2.25. The maximum Gasteiger partial charge on any atom is 0.0910 e. The fourth-order valence-corrected chi connectivity index (χ4v) is 0.940. The van der Waals surface area contributed by atoms with Crippen LogP contribution in [0, 0.1) is 5.92 Å². The summed E-state index contributed by atoms with van der Waals surface area (Å²) in [6, 6.07) is 0. The van der Waals surface area contributed by atoms with Crippen LogP contribution in [0.4, 0.5) is 0 Å². The highest BCUT2D eigenvalue weighted by Gasteiger charge is 2.20. The summed E-state index contributed by atoms with van der Waals surface area (Å²) in [5.74, 6) is 1.11. The molecule has 0 heterocycles. The van der Waals surface area contributed by atoms with E-state index in [9.17, 15) is 0 Å². The molecule has 0 aromatic heterocycles. The van der Waals surface area contributed by atoms with Crippen LogP contribution in [0.5, 0.6) is 0 Å². The summed E-state index contributed by atoms with van der Waals surface area (Å²) in [5, 5.41) is 9.04. The van der Waals surface area contributed by atoms with Crippen LogP contribution in [0.2, 0.25) is 0 Å². The highest BCUT2D eigenvalue weighted by atomic mass is 16.3. The Labute approximate surface area is 50.0 Å². The first-order chi connectivity index (χ1) is 3.84. The minimum atomic E-state index is 0.514.